The van der Waals surface area contributed by atoms with Gasteiger partial charge in [-0.1, -0.05) is 0 Å². The molecule has 0 saturated carbocycles. The van der Waals surface area contributed by atoms with Crippen molar-refractivity contribution in [2.45, 2.75) is 45.8 Å². The molecule has 1 atom stereocenters. The van der Waals surface area contributed by atoms with Gasteiger partial charge in [-0.25, -0.2) is 9.89 Å². The number of nitrogens with zero attached hydrogens (tertiary/aromatic N) is 2. The number of carbonyl (C=O) groups is 1. The van der Waals surface area contributed by atoms with Gasteiger partial charge in [-0.3, -0.25) is 4.79 Å². The summed E-state index contributed by atoms with van der Waals surface area (Å²) < 4.78 is 16.9. The maximum absolute atomic E-state index is 12.2. The molecular formula is C19H25N3O5. The molecule has 8 nitrogen and oxygen atoms in total. The zero-order valence-electron chi connectivity index (χ0n) is 16.3. The average Bonchev–Trinajstić information content (AvgIpc) is 3.05. The van der Waals surface area contributed by atoms with E-state index in [1.54, 1.807) is 24.1 Å². The van der Waals surface area contributed by atoms with Crippen LogP contribution < -0.4 is 15.0 Å². The second-order valence-corrected chi connectivity index (χ2v) is 7.64. The number of amides is 1. The standard InChI is InChI=1S/C19H25N3O5/c1-11-13-8-15(25-5)16(9-14(13)17(23)21-20-11)26-12-6-7-22(10-12)18(24)27-19(2,3)4/h8-9,12H,6-7,10H2,1-5H3,(H,21,23)/t12-/m0/s1. The quantitative estimate of drug-likeness (QED) is 0.886. The van der Waals surface area contributed by atoms with E-state index < -0.39 is 5.60 Å². The minimum absolute atomic E-state index is 0.203. The zero-order valence-corrected chi connectivity index (χ0v) is 16.3. The van der Waals surface area contributed by atoms with Crippen LogP contribution in [0.1, 0.15) is 32.9 Å². The number of hydrogen-bond donors (Lipinski definition) is 1. The highest BCUT2D eigenvalue weighted by molar-refractivity contribution is 5.86. The summed E-state index contributed by atoms with van der Waals surface area (Å²) in [4.78, 5) is 25.9. The van der Waals surface area contributed by atoms with Gasteiger partial charge in [0.1, 0.15) is 11.7 Å². The van der Waals surface area contributed by atoms with Crippen molar-refractivity contribution >= 4 is 16.9 Å². The Morgan fingerprint density at radius 3 is 2.63 bits per heavy atom. The summed E-state index contributed by atoms with van der Waals surface area (Å²) in [7, 11) is 1.55. The third kappa shape index (κ3) is 4.15. The number of likely N-dealkylation sites (tertiary alicyclic amines) is 1. The molecule has 1 aromatic heterocycles. The highest BCUT2D eigenvalue weighted by Crippen LogP contribution is 2.33. The number of ether oxygens (including phenoxy) is 3. The van der Waals surface area contributed by atoms with E-state index in [-0.39, 0.29) is 17.8 Å². The van der Waals surface area contributed by atoms with Crippen molar-refractivity contribution in [2.75, 3.05) is 20.2 Å². The zero-order chi connectivity index (χ0) is 19.8. The number of H-pyrrole nitrogens is 1. The maximum Gasteiger partial charge on any atom is 0.410 e. The Bertz CT molecular complexity index is 916. The number of aryl methyl sites for hydroxylation is 1. The summed E-state index contributed by atoms with van der Waals surface area (Å²) in [6, 6.07) is 3.42. The number of carbonyl (C=O) groups excluding carboxylic acids is 1. The lowest BCUT2D eigenvalue weighted by molar-refractivity contribution is 0.0275. The van der Waals surface area contributed by atoms with E-state index in [0.717, 1.165) is 0 Å². The van der Waals surface area contributed by atoms with Crippen LogP contribution in [0.5, 0.6) is 11.5 Å². The number of hydrogen-bond acceptors (Lipinski definition) is 6. The van der Waals surface area contributed by atoms with Crippen LogP contribution in [0.2, 0.25) is 0 Å². The van der Waals surface area contributed by atoms with Crippen LogP contribution in [-0.4, -0.2) is 53.1 Å². The van der Waals surface area contributed by atoms with Crippen molar-refractivity contribution in [1.82, 2.24) is 15.1 Å². The molecule has 146 valence electrons. The SMILES string of the molecule is COc1cc2c(C)n[nH]c(=O)c2cc1O[C@H]1CCN(C(=O)OC(C)(C)C)C1. The molecule has 0 unspecified atom stereocenters. The van der Waals surface area contributed by atoms with E-state index >= 15 is 0 Å². The van der Waals surface area contributed by atoms with Crippen molar-refractivity contribution in [3.8, 4) is 11.5 Å². The average molecular weight is 375 g/mol. The Morgan fingerprint density at radius 2 is 1.96 bits per heavy atom. The summed E-state index contributed by atoms with van der Waals surface area (Å²) in [6.07, 6.45) is 0.120. The van der Waals surface area contributed by atoms with Gasteiger partial charge < -0.3 is 19.1 Å². The highest BCUT2D eigenvalue weighted by atomic mass is 16.6. The molecule has 1 aromatic carbocycles. The summed E-state index contributed by atoms with van der Waals surface area (Å²) >= 11 is 0. The van der Waals surface area contributed by atoms with Crippen LogP contribution in [0, 0.1) is 6.92 Å². The van der Waals surface area contributed by atoms with Crippen LogP contribution in [-0.2, 0) is 4.74 Å². The Labute approximate surface area is 157 Å². The van der Waals surface area contributed by atoms with Crippen molar-refractivity contribution in [1.29, 1.82) is 0 Å². The maximum atomic E-state index is 12.2. The molecule has 1 aliphatic rings. The number of aromatic nitrogens is 2. The van der Waals surface area contributed by atoms with Crippen LogP contribution in [0.15, 0.2) is 16.9 Å². The molecule has 1 saturated heterocycles. The molecule has 2 heterocycles. The highest BCUT2D eigenvalue weighted by Gasteiger charge is 2.31. The van der Waals surface area contributed by atoms with Crippen molar-refractivity contribution < 1.29 is 19.0 Å². The Hall–Kier alpha value is -2.77. The fraction of sp³-hybridized carbons (Fsp3) is 0.526. The number of methoxy groups -OCH3 is 1. The largest absolute Gasteiger partial charge is 0.493 e. The smallest absolute Gasteiger partial charge is 0.410 e. The van der Waals surface area contributed by atoms with Crippen LogP contribution >= 0.6 is 0 Å². The van der Waals surface area contributed by atoms with E-state index in [2.05, 4.69) is 10.2 Å². The molecule has 8 heteroatoms. The van der Waals surface area contributed by atoms with Gasteiger partial charge in [0, 0.05) is 18.4 Å². The first-order chi connectivity index (χ1) is 12.7. The van der Waals surface area contributed by atoms with Gasteiger partial charge in [-0.15, -0.1) is 0 Å². The molecule has 1 amide bonds. The van der Waals surface area contributed by atoms with Crippen LogP contribution in [0.25, 0.3) is 10.8 Å². The summed E-state index contributed by atoms with van der Waals surface area (Å²) in [6.45, 7) is 8.30. The van der Waals surface area contributed by atoms with Gasteiger partial charge in [0.2, 0.25) is 0 Å². The van der Waals surface area contributed by atoms with E-state index in [1.807, 2.05) is 27.7 Å². The third-order valence-electron chi connectivity index (χ3n) is 4.35. The lowest BCUT2D eigenvalue weighted by Crippen LogP contribution is -2.36. The first-order valence-electron chi connectivity index (χ1n) is 8.89. The second kappa shape index (κ2) is 7.09. The Balaban J connectivity index is 1.80. The van der Waals surface area contributed by atoms with E-state index in [4.69, 9.17) is 14.2 Å². The predicted molar refractivity (Wildman–Crippen MR) is 100 cm³/mol. The Kier molecular flexibility index (Phi) is 4.99. The van der Waals surface area contributed by atoms with Gasteiger partial charge in [-0.2, -0.15) is 5.10 Å². The van der Waals surface area contributed by atoms with Crippen molar-refractivity contribution in [3.63, 3.8) is 0 Å². The molecular weight excluding hydrogens is 350 g/mol. The number of aromatic amines is 1. The van der Waals surface area contributed by atoms with Crippen LogP contribution in [0.4, 0.5) is 4.79 Å². The van der Waals surface area contributed by atoms with Crippen molar-refractivity contribution in [2.24, 2.45) is 0 Å². The normalized spacial score (nSPS) is 17.2. The molecule has 1 N–H and O–H groups in total. The molecule has 2 aromatic rings. The molecule has 3 rings (SSSR count). The fourth-order valence-corrected chi connectivity index (χ4v) is 3.05. The van der Waals surface area contributed by atoms with E-state index in [0.29, 0.717) is 47.5 Å². The number of nitrogens with one attached hydrogen (secondary N) is 1. The summed E-state index contributed by atoms with van der Waals surface area (Å²) in [5.74, 6) is 0.992. The van der Waals surface area contributed by atoms with E-state index in [9.17, 15) is 9.59 Å². The molecule has 1 fully saturated rings. The number of benzene rings is 1. The van der Waals surface area contributed by atoms with Gasteiger partial charge in [0.25, 0.3) is 5.56 Å². The molecule has 27 heavy (non-hydrogen) atoms. The molecule has 0 bridgehead atoms. The third-order valence-corrected chi connectivity index (χ3v) is 4.35. The number of fused-ring (bicyclic) bond motifs is 1. The first-order valence-corrected chi connectivity index (χ1v) is 8.89. The molecule has 0 radical (unpaired) electrons. The molecule has 0 spiro atoms. The summed E-state index contributed by atoms with van der Waals surface area (Å²) in [5, 5.41) is 7.65. The topological polar surface area (TPSA) is 93.7 Å². The predicted octanol–water partition coefficient (Wildman–Crippen LogP) is 2.63. The lowest BCUT2D eigenvalue weighted by Gasteiger charge is -2.24. The lowest BCUT2D eigenvalue weighted by atomic mass is 10.1. The Morgan fingerprint density at radius 1 is 1.26 bits per heavy atom. The van der Waals surface area contributed by atoms with Gasteiger partial charge in [-0.05, 0) is 39.8 Å². The van der Waals surface area contributed by atoms with Gasteiger partial charge >= 0.3 is 6.09 Å². The fourth-order valence-electron chi connectivity index (χ4n) is 3.05. The first kappa shape index (κ1) is 19.0. The minimum Gasteiger partial charge on any atom is -0.493 e. The van der Waals surface area contributed by atoms with Crippen molar-refractivity contribution in [3.05, 3.63) is 28.2 Å². The second-order valence-electron chi connectivity index (χ2n) is 7.64. The van der Waals surface area contributed by atoms with Crippen LogP contribution in [0.3, 0.4) is 0 Å². The van der Waals surface area contributed by atoms with Gasteiger partial charge in [0.15, 0.2) is 11.5 Å². The number of rotatable bonds is 3. The summed E-state index contributed by atoms with van der Waals surface area (Å²) in [5.41, 5.74) is -0.124. The molecule has 0 aliphatic carbocycles. The monoisotopic (exact) mass is 375 g/mol. The van der Waals surface area contributed by atoms with E-state index in [1.165, 1.54) is 0 Å². The molecule has 1 aliphatic heterocycles. The van der Waals surface area contributed by atoms with Gasteiger partial charge in [0.05, 0.1) is 24.7 Å². The minimum atomic E-state index is -0.537.